The standard InChI is InChI=1S/C31H53N5O5S/c1-5-7-8-9-10-11-12-13-14-15-22-32-28(38)17-16-23-41-27-20-18-26(19-21-27)33-30(34-29(39)24-42-4)31(40)36(6-2)35-25(3)37/h18-21,30,33H,5-17,22-24H2,1-4H3,(H,32,38)(H,34,39)(H,35,37). The van der Waals surface area contributed by atoms with Crippen LogP contribution in [0, 0.1) is 0 Å². The molecule has 0 aliphatic carbocycles. The Morgan fingerprint density at radius 2 is 1.48 bits per heavy atom. The first-order chi connectivity index (χ1) is 20.3. The number of amides is 4. The Morgan fingerprint density at radius 3 is 2.05 bits per heavy atom. The lowest BCUT2D eigenvalue weighted by Crippen LogP contribution is -2.57. The molecular weight excluding hydrogens is 554 g/mol. The molecule has 1 aromatic rings. The van der Waals surface area contributed by atoms with E-state index in [4.69, 9.17) is 4.74 Å². The van der Waals surface area contributed by atoms with E-state index in [1.165, 1.54) is 70.1 Å². The fraction of sp³-hybridized carbons (Fsp3) is 0.677. The van der Waals surface area contributed by atoms with Crippen molar-refractivity contribution >= 4 is 41.1 Å². The molecule has 238 valence electrons. The predicted octanol–water partition coefficient (Wildman–Crippen LogP) is 5.00. The average Bonchev–Trinajstić information content (AvgIpc) is 2.97. The zero-order chi connectivity index (χ0) is 31.0. The molecule has 11 heteroatoms. The highest BCUT2D eigenvalue weighted by Crippen LogP contribution is 2.17. The van der Waals surface area contributed by atoms with Gasteiger partial charge in [0.2, 0.25) is 17.7 Å². The van der Waals surface area contributed by atoms with E-state index in [2.05, 4.69) is 28.3 Å². The molecule has 0 saturated carbocycles. The molecule has 0 heterocycles. The average molecular weight is 608 g/mol. The molecule has 0 spiro atoms. The van der Waals surface area contributed by atoms with Gasteiger partial charge in [0.1, 0.15) is 5.75 Å². The minimum Gasteiger partial charge on any atom is -0.494 e. The van der Waals surface area contributed by atoms with Crippen LogP contribution in [-0.2, 0) is 19.2 Å². The van der Waals surface area contributed by atoms with Crippen LogP contribution in [0.15, 0.2) is 24.3 Å². The normalized spacial score (nSPS) is 11.3. The van der Waals surface area contributed by atoms with Crippen molar-refractivity contribution < 1.29 is 23.9 Å². The van der Waals surface area contributed by atoms with Crippen LogP contribution in [0.3, 0.4) is 0 Å². The second kappa shape index (κ2) is 23.6. The Labute approximate surface area is 256 Å². The van der Waals surface area contributed by atoms with E-state index in [1.807, 2.05) is 0 Å². The number of unbranched alkanes of at least 4 members (excludes halogenated alkanes) is 9. The van der Waals surface area contributed by atoms with Crippen LogP contribution in [-0.4, -0.2) is 66.5 Å². The van der Waals surface area contributed by atoms with Crippen LogP contribution in [0.1, 0.15) is 97.8 Å². The van der Waals surface area contributed by atoms with Crippen molar-refractivity contribution in [2.24, 2.45) is 0 Å². The van der Waals surface area contributed by atoms with Crippen LogP contribution in [0.5, 0.6) is 5.75 Å². The summed E-state index contributed by atoms with van der Waals surface area (Å²) < 4.78 is 5.77. The number of carbonyl (C=O) groups excluding carboxylic acids is 4. The number of carbonyl (C=O) groups is 4. The van der Waals surface area contributed by atoms with E-state index in [1.54, 1.807) is 37.4 Å². The van der Waals surface area contributed by atoms with Crippen molar-refractivity contribution in [2.45, 2.75) is 104 Å². The van der Waals surface area contributed by atoms with Gasteiger partial charge in [0.15, 0.2) is 6.17 Å². The van der Waals surface area contributed by atoms with Crippen molar-refractivity contribution in [3.8, 4) is 5.75 Å². The third-order valence-electron chi connectivity index (χ3n) is 6.54. The third-order valence-corrected chi connectivity index (χ3v) is 7.09. The summed E-state index contributed by atoms with van der Waals surface area (Å²) in [4.78, 5) is 48.8. The van der Waals surface area contributed by atoms with Crippen molar-refractivity contribution in [3.63, 3.8) is 0 Å². The summed E-state index contributed by atoms with van der Waals surface area (Å²) in [6.07, 6.45) is 14.5. The maximum absolute atomic E-state index is 13.0. The molecule has 1 rings (SSSR count). The van der Waals surface area contributed by atoms with Gasteiger partial charge in [0, 0.05) is 32.1 Å². The molecule has 0 radical (unpaired) electrons. The lowest BCUT2D eigenvalue weighted by atomic mass is 10.1. The fourth-order valence-corrected chi connectivity index (χ4v) is 4.64. The molecule has 0 aromatic heterocycles. The van der Waals surface area contributed by atoms with E-state index < -0.39 is 12.1 Å². The summed E-state index contributed by atoms with van der Waals surface area (Å²) >= 11 is 1.34. The lowest BCUT2D eigenvalue weighted by molar-refractivity contribution is -0.142. The molecule has 0 aliphatic heterocycles. The lowest BCUT2D eigenvalue weighted by Gasteiger charge is -2.27. The van der Waals surface area contributed by atoms with E-state index in [0.29, 0.717) is 30.9 Å². The van der Waals surface area contributed by atoms with Crippen LogP contribution < -0.4 is 26.1 Å². The number of nitrogens with zero attached hydrogens (tertiary/aromatic N) is 1. The number of likely N-dealkylation sites (N-methyl/N-ethyl adjacent to an activating group) is 1. The summed E-state index contributed by atoms with van der Waals surface area (Å²) in [6.45, 7) is 6.66. The molecule has 0 fully saturated rings. The van der Waals surface area contributed by atoms with Crippen LogP contribution in [0.25, 0.3) is 0 Å². The van der Waals surface area contributed by atoms with Gasteiger partial charge in [-0.05, 0) is 50.3 Å². The second-order valence-corrected chi connectivity index (χ2v) is 11.2. The van der Waals surface area contributed by atoms with E-state index in [-0.39, 0.29) is 30.0 Å². The Bertz CT molecular complexity index is 915. The number of rotatable bonds is 23. The number of benzene rings is 1. The first-order valence-corrected chi connectivity index (χ1v) is 16.8. The fourth-order valence-electron chi connectivity index (χ4n) is 4.29. The zero-order valence-electron chi connectivity index (χ0n) is 26.1. The van der Waals surface area contributed by atoms with Crippen molar-refractivity contribution in [3.05, 3.63) is 24.3 Å². The van der Waals surface area contributed by atoms with Gasteiger partial charge in [0.25, 0.3) is 5.91 Å². The van der Waals surface area contributed by atoms with Crippen molar-refractivity contribution in [2.75, 3.05) is 37.0 Å². The van der Waals surface area contributed by atoms with Gasteiger partial charge in [-0.3, -0.25) is 29.6 Å². The van der Waals surface area contributed by atoms with Gasteiger partial charge in [-0.2, -0.15) is 11.8 Å². The molecular formula is C31H53N5O5S. The summed E-state index contributed by atoms with van der Waals surface area (Å²) in [6, 6.07) is 6.99. The number of hydrogen-bond acceptors (Lipinski definition) is 7. The first-order valence-electron chi connectivity index (χ1n) is 15.4. The highest BCUT2D eigenvalue weighted by molar-refractivity contribution is 7.99. The Morgan fingerprint density at radius 1 is 0.857 bits per heavy atom. The van der Waals surface area contributed by atoms with Gasteiger partial charge in [-0.15, -0.1) is 0 Å². The molecule has 10 nitrogen and oxygen atoms in total. The number of nitrogens with one attached hydrogen (secondary N) is 4. The Hall–Kier alpha value is -2.95. The minimum absolute atomic E-state index is 0.0497. The summed E-state index contributed by atoms with van der Waals surface area (Å²) in [5, 5.41) is 9.85. The van der Waals surface area contributed by atoms with Crippen molar-refractivity contribution in [1.82, 2.24) is 21.1 Å². The number of ether oxygens (including phenoxy) is 1. The Kier molecular flexibility index (Phi) is 20.8. The molecule has 0 saturated heterocycles. The van der Waals surface area contributed by atoms with Gasteiger partial charge in [0.05, 0.1) is 12.4 Å². The number of hydrazine groups is 1. The smallest absolute Gasteiger partial charge is 0.284 e. The third kappa shape index (κ3) is 17.8. The molecule has 0 aliphatic rings. The topological polar surface area (TPSA) is 129 Å². The molecule has 1 aromatic carbocycles. The quantitative estimate of drug-likeness (QED) is 0.0783. The maximum atomic E-state index is 13.0. The zero-order valence-corrected chi connectivity index (χ0v) is 26.9. The SMILES string of the molecule is CCCCCCCCCCCCNC(=O)CCCOc1ccc(NC(NC(=O)CSC)C(=O)N(CC)NC(C)=O)cc1. The summed E-state index contributed by atoms with van der Waals surface area (Å²) in [5.74, 6) is -0.300. The van der Waals surface area contributed by atoms with Crippen LogP contribution in [0.2, 0.25) is 0 Å². The highest BCUT2D eigenvalue weighted by Gasteiger charge is 2.26. The monoisotopic (exact) mass is 607 g/mol. The van der Waals surface area contributed by atoms with E-state index in [0.717, 1.165) is 24.4 Å². The van der Waals surface area contributed by atoms with Crippen LogP contribution >= 0.6 is 11.8 Å². The predicted molar refractivity (Wildman–Crippen MR) is 171 cm³/mol. The molecule has 1 unspecified atom stereocenters. The van der Waals surface area contributed by atoms with Gasteiger partial charge in [-0.25, -0.2) is 0 Å². The van der Waals surface area contributed by atoms with Crippen LogP contribution in [0.4, 0.5) is 5.69 Å². The molecule has 1 atom stereocenters. The maximum Gasteiger partial charge on any atom is 0.284 e. The second-order valence-electron chi connectivity index (χ2n) is 10.3. The largest absolute Gasteiger partial charge is 0.494 e. The molecule has 4 amide bonds. The summed E-state index contributed by atoms with van der Waals surface area (Å²) in [7, 11) is 0. The van der Waals surface area contributed by atoms with E-state index in [9.17, 15) is 19.2 Å². The number of anilines is 1. The van der Waals surface area contributed by atoms with Gasteiger partial charge in [-0.1, -0.05) is 64.7 Å². The first kappa shape index (κ1) is 37.1. The minimum atomic E-state index is -1.07. The Balaban J connectivity index is 2.35. The van der Waals surface area contributed by atoms with Crippen molar-refractivity contribution in [1.29, 1.82) is 0 Å². The number of thioether (sulfide) groups is 1. The summed E-state index contributed by atoms with van der Waals surface area (Å²) in [5.41, 5.74) is 3.07. The number of hydrogen-bond donors (Lipinski definition) is 4. The highest BCUT2D eigenvalue weighted by atomic mass is 32.2. The van der Waals surface area contributed by atoms with E-state index >= 15 is 0 Å². The van der Waals surface area contributed by atoms with Gasteiger partial charge < -0.3 is 20.7 Å². The molecule has 42 heavy (non-hydrogen) atoms. The van der Waals surface area contributed by atoms with Gasteiger partial charge >= 0.3 is 0 Å². The molecule has 0 bridgehead atoms. The molecule has 4 N–H and O–H groups in total.